The highest BCUT2D eigenvalue weighted by Crippen LogP contribution is 2.23. The first-order valence-electron chi connectivity index (χ1n) is 8.42. The number of H-pyrrole nitrogens is 1. The number of nitrogens with zero attached hydrogens (tertiary/aromatic N) is 6. The first kappa shape index (κ1) is 16.2. The number of rotatable bonds is 5. The highest BCUT2D eigenvalue weighted by Gasteiger charge is 2.29. The number of hydrogen-bond acceptors (Lipinski definition) is 6. The summed E-state index contributed by atoms with van der Waals surface area (Å²) in [5.74, 6) is 1.75. The van der Waals surface area contributed by atoms with Crippen LogP contribution in [-0.2, 0) is 6.42 Å². The average molecular weight is 353 g/mol. The minimum atomic E-state index is -0.131. The van der Waals surface area contributed by atoms with Gasteiger partial charge in [-0.05, 0) is 36.5 Å². The van der Waals surface area contributed by atoms with Crippen molar-refractivity contribution >= 4 is 5.91 Å². The first-order chi connectivity index (χ1) is 12.7. The maximum Gasteiger partial charge on any atom is 0.291 e. The second-order valence-electron chi connectivity index (χ2n) is 6.31. The summed E-state index contributed by atoms with van der Waals surface area (Å²) in [5.41, 5.74) is 1.25. The van der Waals surface area contributed by atoms with Crippen LogP contribution in [0.3, 0.4) is 0 Å². The maximum absolute atomic E-state index is 12.6. The van der Waals surface area contributed by atoms with Gasteiger partial charge in [0.1, 0.15) is 18.4 Å². The molecule has 0 bridgehead atoms. The minimum Gasteiger partial charge on any atom is -0.497 e. The van der Waals surface area contributed by atoms with Gasteiger partial charge in [-0.15, -0.1) is 15.3 Å². The van der Waals surface area contributed by atoms with Crippen molar-refractivity contribution in [2.45, 2.75) is 12.8 Å². The molecule has 1 N–H and O–H groups in total. The fourth-order valence-electron chi connectivity index (χ4n) is 3.20. The molecule has 0 aliphatic carbocycles. The van der Waals surface area contributed by atoms with Crippen LogP contribution in [-0.4, -0.2) is 61.0 Å². The zero-order valence-corrected chi connectivity index (χ0v) is 14.4. The molecule has 1 saturated heterocycles. The van der Waals surface area contributed by atoms with Crippen molar-refractivity contribution in [1.82, 2.24) is 34.8 Å². The van der Waals surface area contributed by atoms with E-state index in [0.29, 0.717) is 18.4 Å². The molecule has 26 heavy (non-hydrogen) atoms. The molecule has 3 heterocycles. The van der Waals surface area contributed by atoms with E-state index in [-0.39, 0.29) is 11.7 Å². The highest BCUT2D eigenvalue weighted by atomic mass is 16.5. The van der Waals surface area contributed by atoms with Crippen LogP contribution in [0.1, 0.15) is 22.6 Å². The third-order valence-corrected chi connectivity index (χ3v) is 4.58. The van der Waals surface area contributed by atoms with Gasteiger partial charge in [-0.1, -0.05) is 12.1 Å². The van der Waals surface area contributed by atoms with Crippen molar-refractivity contribution in [3.8, 4) is 11.7 Å². The van der Waals surface area contributed by atoms with Crippen LogP contribution in [0.4, 0.5) is 0 Å². The summed E-state index contributed by atoms with van der Waals surface area (Å²) >= 11 is 0. The Hall–Kier alpha value is -3.23. The summed E-state index contributed by atoms with van der Waals surface area (Å²) in [5, 5.41) is 14.2. The van der Waals surface area contributed by atoms with Crippen molar-refractivity contribution in [1.29, 1.82) is 0 Å². The van der Waals surface area contributed by atoms with Crippen LogP contribution in [0.15, 0.2) is 36.9 Å². The number of benzene rings is 1. The normalized spacial score (nSPS) is 16.8. The first-order valence-corrected chi connectivity index (χ1v) is 8.42. The Morgan fingerprint density at radius 3 is 2.77 bits per heavy atom. The molecule has 9 nitrogen and oxygen atoms in total. The summed E-state index contributed by atoms with van der Waals surface area (Å²) < 4.78 is 6.73. The fourth-order valence-corrected chi connectivity index (χ4v) is 3.20. The molecule has 3 aromatic rings. The molecule has 4 rings (SSSR count). The number of aromatic nitrogens is 6. The molecule has 0 spiro atoms. The van der Waals surface area contributed by atoms with Gasteiger partial charge < -0.3 is 9.64 Å². The Morgan fingerprint density at radius 2 is 2.04 bits per heavy atom. The average Bonchev–Trinajstić information content (AvgIpc) is 3.42. The summed E-state index contributed by atoms with van der Waals surface area (Å²) in [6.45, 7) is 1.44. The van der Waals surface area contributed by atoms with E-state index in [2.05, 4.69) is 37.5 Å². The lowest BCUT2D eigenvalue weighted by Gasteiger charge is -2.15. The lowest BCUT2D eigenvalue weighted by molar-refractivity contribution is 0.0775. The van der Waals surface area contributed by atoms with E-state index in [1.165, 1.54) is 18.2 Å². The predicted octanol–water partition coefficient (Wildman–Crippen LogP) is 1.10. The van der Waals surface area contributed by atoms with Crippen LogP contribution >= 0.6 is 0 Å². The number of carbonyl (C=O) groups is 1. The monoisotopic (exact) mass is 353 g/mol. The number of carbonyl (C=O) groups excluding carboxylic acids is 1. The number of ether oxygens (including phenoxy) is 1. The van der Waals surface area contributed by atoms with E-state index < -0.39 is 0 Å². The number of hydrogen-bond donors (Lipinski definition) is 1. The van der Waals surface area contributed by atoms with Crippen LogP contribution in [0.5, 0.6) is 5.75 Å². The molecule has 1 aliphatic heterocycles. The Labute approximate surface area is 150 Å². The molecule has 1 amide bonds. The van der Waals surface area contributed by atoms with E-state index in [1.807, 2.05) is 17.0 Å². The Morgan fingerprint density at radius 1 is 1.27 bits per heavy atom. The van der Waals surface area contributed by atoms with Crippen molar-refractivity contribution in [3.05, 3.63) is 48.3 Å². The van der Waals surface area contributed by atoms with Gasteiger partial charge in [0, 0.05) is 13.1 Å². The van der Waals surface area contributed by atoms with Crippen molar-refractivity contribution in [2.24, 2.45) is 5.92 Å². The quantitative estimate of drug-likeness (QED) is 0.737. The van der Waals surface area contributed by atoms with Crippen molar-refractivity contribution < 1.29 is 9.53 Å². The molecule has 1 aromatic carbocycles. The number of aromatic amines is 1. The van der Waals surface area contributed by atoms with E-state index in [9.17, 15) is 4.79 Å². The molecule has 1 atom stereocenters. The largest absolute Gasteiger partial charge is 0.497 e. The zero-order chi connectivity index (χ0) is 17.9. The molecular weight excluding hydrogens is 334 g/mol. The molecule has 1 aliphatic rings. The Kier molecular flexibility index (Phi) is 4.34. The van der Waals surface area contributed by atoms with Gasteiger partial charge in [0.05, 0.1) is 7.11 Å². The topological polar surface area (TPSA) is 102 Å². The lowest BCUT2D eigenvalue weighted by atomic mass is 9.99. The third-order valence-electron chi connectivity index (χ3n) is 4.58. The van der Waals surface area contributed by atoms with Gasteiger partial charge in [-0.3, -0.25) is 14.5 Å². The predicted molar refractivity (Wildman–Crippen MR) is 92.0 cm³/mol. The van der Waals surface area contributed by atoms with Crippen molar-refractivity contribution in [3.63, 3.8) is 0 Å². The highest BCUT2D eigenvalue weighted by molar-refractivity contribution is 5.90. The van der Waals surface area contributed by atoms with Gasteiger partial charge in [-0.25, -0.2) is 0 Å². The summed E-state index contributed by atoms with van der Waals surface area (Å²) in [6.07, 6.45) is 4.89. The molecular formula is C17H19N7O2. The van der Waals surface area contributed by atoms with Crippen LogP contribution in [0.2, 0.25) is 0 Å². The van der Waals surface area contributed by atoms with Gasteiger partial charge in [0.25, 0.3) is 11.9 Å². The summed E-state index contributed by atoms with van der Waals surface area (Å²) in [7, 11) is 1.66. The number of likely N-dealkylation sites (tertiary alicyclic amines) is 1. The second-order valence-corrected chi connectivity index (χ2v) is 6.31. The maximum atomic E-state index is 12.6. The molecule has 1 fully saturated rings. The molecule has 2 aromatic heterocycles. The summed E-state index contributed by atoms with van der Waals surface area (Å²) in [6, 6.07) is 8.08. The zero-order valence-electron chi connectivity index (χ0n) is 14.4. The molecule has 0 saturated carbocycles. The van der Waals surface area contributed by atoms with E-state index in [0.717, 1.165) is 25.1 Å². The third kappa shape index (κ3) is 3.28. The summed E-state index contributed by atoms with van der Waals surface area (Å²) in [4.78, 5) is 18.7. The lowest BCUT2D eigenvalue weighted by Crippen LogP contribution is -2.29. The van der Waals surface area contributed by atoms with Gasteiger partial charge >= 0.3 is 0 Å². The smallest absolute Gasteiger partial charge is 0.291 e. The molecule has 1 unspecified atom stereocenters. The standard InChI is InChI=1S/C17H19N7O2/c1-26-14-4-2-12(3-5-14)8-13-6-7-23(9-13)16(25)15-20-17(22-21-15)24-10-18-19-11-24/h2-5,10-11,13H,6-9H2,1H3,(H,20,21,22). The van der Waals surface area contributed by atoms with Crippen LogP contribution < -0.4 is 4.74 Å². The fraction of sp³-hybridized carbons (Fsp3) is 0.353. The molecule has 0 radical (unpaired) electrons. The molecule has 9 heteroatoms. The second kappa shape index (κ2) is 6.95. The van der Waals surface area contributed by atoms with Gasteiger partial charge in [0.15, 0.2) is 0 Å². The van der Waals surface area contributed by atoms with E-state index >= 15 is 0 Å². The van der Waals surface area contributed by atoms with Crippen LogP contribution in [0, 0.1) is 5.92 Å². The van der Waals surface area contributed by atoms with E-state index in [1.54, 1.807) is 11.7 Å². The van der Waals surface area contributed by atoms with Gasteiger partial charge in [0.2, 0.25) is 5.82 Å². The Balaban J connectivity index is 1.37. The minimum absolute atomic E-state index is 0.131. The van der Waals surface area contributed by atoms with Crippen LogP contribution in [0.25, 0.3) is 5.95 Å². The SMILES string of the molecule is COc1ccc(CC2CCN(C(=O)c3nc(-n4cnnc4)n[nH]3)C2)cc1. The van der Waals surface area contributed by atoms with E-state index in [4.69, 9.17) is 4.74 Å². The number of nitrogens with one attached hydrogen (secondary N) is 1. The Bertz CT molecular complexity index is 873. The molecule has 134 valence electrons. The number of methoxy groups -OCH3 is 1. The number of amides is 1. The van der Waals surface area contributed by atoms with Crippen molar-refractivity contribution in [2.75, 3.05) is 20.2 Å². The van der Waals surface area contributed by atoms with Gasteiger partial charge in [-0.2, -0.15) is 4.98 Å².